The van der Waals surface area contributed by atoms with E-state index in [0.29, 0.717) is 5.92 Å². The molecule has 1 aromatic carbocycles. The summed E-state index contributed by atoms with van der Waals surface area (Å²) in [5, 5.41) is 0. The van der Waals surface area contributed by atoms with E-state index in [1.54, 1.807) is 13.3 Å². The maximum absolute atomic E-state index is 10.6. The summed E-state index contributed by atoms with van der Waals surface area (Å²) in [7, 11) is -1.65. The van der Waals surface area contributed by atoms with Crippen LogP contribution in [0.25, 0.3) is 0 Å². The van der Waals surface area contributed by atoms with E-state index in [2.05, 4.69) is 44.2 Å². The van der Waals surface area contributed by atoms with Gasteiger partial charge in [-0.25, -0.2) is 0 Å². The highest BCUT2D eigenvalue weighted by Crippen LogP contribution is 2.34. The molecule has 0 aliphatic carbocycles. The molecule has 0 saturated carbocycles. The van der Waals surface area contributed by atoms with Gasteiger partial charge >= 0.3 is 0 Å². The second-order valence-corrected chi connectivity index (χ2v) is 8.39. The molecule has 0 heterocycles. The van der Waals surface area contributed by atoms with Crippen LogP contribution in [0.15, 0.2) is 30.3 Å². The molecule has 1 unspecified atom stereocenters. The lowest BCUT2D eigenvalue weighted by Crippen LogP contribution is -1.88. The highest BCUT2D eigenvalue weighted by atomic mass is 31.2. The topological polar surface area (TPSA) is 17.1 Å². The molecule has 92 valence electrons. The van der Waals surface area contributed by atoms with Gasteiger partial charge in [0.1, 0.15) is 0 Å². The van der Waals surface area contributed by atoms with Crippen molar-refractivity contribution >= 4 is 7.14 Å². The van der Waals surface area contributed by atoms with E-state index in [1.165, 1.54) is 12.0 Å². The summed E-state index contributed by atoms with van der Waals surface area (Å²) < 4.78 is 10.6. The summed E-state index contributed by atoms with van der Waals surface area (Å²) >= 11 is 0. The van der Waals surface area contributed by atoms with Crippen LogP contribution in [-0.4, -0.2) is 19.5 Å². The maximum atomic E-state index is 10.6. The Morgan fingerprint density at radius 1 is 1.12 bits per heavy atom. The zero-order valence-electron chi connectivity index (χ0n) is 11.2. The van der Waals surface area contributed by atoms with Crippen molar-refractivity contribution in [3.05, 3.63) is 35.9 Å². The van der Waals surface area contributed by atoms with E-state index in [0.717, 1.165) is 6.16 Å². The first-order chi connectivity index (χ1) is 7.40. The normalized spacial score (nSPS) is 12.6. The van der Waals surface area contributed by atoms with E-state index >= 15 is 0 Å². The van der Waals surface area contributed by atoms with Gasteiger partial charge in [0.15, 0.2) is 0 Å². The molecule has 1 nitrogen and oxygen atoms in total. The molecule has 0 aliphatic rings. The van der Waals surface area contributed by atoms with Crippen molar-refractivity contribution in [3.63, 3.8) is 0 Å². The lowest BCUT2D eigenvalue weighted by molar-refractivity contribution is 0.583. The Balaban J connectivity index is 0.000000325. The molecule has 0 aromatic heterocycles. The van der Waals surface area contributed by atoms with Crippen LogP contribution >= 0.6 is 7.14 Å². The summed E-state index contributed by atoms with van der Waals surface area (Å²) in [6, 6.07) is 10.6. The van der Waals surface area contributed by atoms with Gasteiger partial charge in [-0.15, -0.1) is 0 Å². The Hall–Kier alpha value is -0.550. The van der Waals surface area contributed by atoms with E-state index in [9.17, 15) is 4.57 Å². The fourth-order valence-corrected chi connectivity index (χ4v) is 1.02. The summed E-state index contributed by atoms with van der Waals surface area (Å²) in [4.78, 5) is 0. The molecule has 0 amide bonds. The predicted octanol–water partition coefficient (Wildman–Crippen LogP) is 4.83. The summed E-state index contributed by atoms with van der Waals surface area (Å²) in [6.45, 7) is 10.0. The van der Waals surface area contributed by atoms with Crippen LogP contribution < -0.4 is 0 Å². The number of benzene rings is 1. The van der Waals surface area contributed by atoms with Crippen LogP contribution in [0, 0.1) is 0 Å². The lowest BCUT2D eigenvalue weighted by atomic mass is 9.99. The van der Waals surface area contributed by atoms with Crippen molar-refractivity contribution in [1.82, 2.24) is 0 Å². The molecule has 1 aromatic rings. The van der Waals surface area contributed by atoms with Crippen LogP contribution in [0.1, 0.15) is 38.7 Å². The molecule has 0 N–H and O–H groups in total. The third-order valence-corrected chi connectivity index (χ3v) is 4.27. The minimum Gasteiger partial charge on any atom is -0.324 e. The molecule has 16 heavy (non-hydrogen) atoms. The molecule has 0 aliphatic heterocycles. The minimum atomic E-state index is -1.65. The lowest BCUT2D eigenvalue weighted by Gasteiger charge is -2.06. The molecule has 0 bridgehead atoms. The van der Waals surface area contributed by atoms with Crippen LogP contribution in [0.5, 0.6) is 0 Å². The number of hydrogen-bond acceptors (Lipinski definition) is 1. The van der Waals surface area contributed by atoms with Crippen molar-refractivity contribution in [2.45, 2.75) is 33.1 Å². The molecule has 0 radical (unpaired) electrons. The Labute approximate surface area is 101 Å². The minimum absolute atomic E-state index is 0.709. The zero-order chi connectivity index (χ0) is 12.6. The van der Waals surface area contributed by atoms with Crippen LogP contribution in [0.3, 0.4) is 0 Å². The molecule has 0 spiro atoms. The third kappa shape index (κ3) is 7.70. The largest absolute Gasteiger partial charge is 0.324 e. The first-order valence-corrected chi connectivity index (χ1v) is 8.78. The van der Waals surface area contributed by atoms with Crippen molar-refractivity contribution in [1.29, 1.82) is 0 Å². The highest BCUT2D eigenvalue weighted by Gasteiger charge is 1.99. The van der Waals surface area contributed by atoms with E-state index < -0.39 is 7.14 Å². The predicted molar refractivity (Wildman–Crippen MR) is 75.1 cm³/mol. The van der Waals surface area contributed by atoms with E-state index in [1.807, 2.05) is 6.92 Å². The van der Waals surface area contributed by atoms with Crippen molar-refractivity contribution in [2.75, 3.05) is 19.5 Å². The fraction of sp³-hybridized carbons (Fsp3) is 0.571. The molecule has 0 fully saturated rings. The monoisotopic (exact) mass is 240 g/mol. The molecule has 2 heteroatoms. The Morgan fingerprint density at radius 2 is 1.56 bits per heavy atom. The summed E-state index contributed by atoms with van der Waals surface area (Å²) in [6.07, 6.45) is 2.05. The fourth-order valence-electron chi connectivity index (χ4n) is 1.02. The zero-order valence-corrected chi connectivity index (χ0v) is 12.1. The summed E-state index contributed by atoms with van der Waals surface area (Å²) in [5.41, 5.74) is 1.45. The number of rotatable bonds is 3. The standard InChI is InChI=1S/C10H14.C4H11OP/c1-3-9(2)10-7-5-4-6-8-10;1-4-6(2,3)5/h4-9H,3H2,1-2H3;4H2,1-3H3. The van der Waals surface area contributed by atoms with Gasteiger partial charge in [0.2, 0.25) is 0 Å². The van der Waals surface area contributed by atoms with Crippen LogP contribution in [0.4, 0.5) is 0 Å². The molecular formula is C14H25OP. The second-order valence-electron chi connectivity index (χ2n) is 4.61. The van der Waals surface area contributed by atoms with Gasteiger partial charge in [0, 0.05) is 0 Å². The quantitative estimate of drug-likeness (QED) is 0.692. The van der Waals surface area contributed by atoms with Gasteiger partial charge in [-0.1, -0.05) is 51.1 Å². The Kier molecular flexibility index (Phi) is 7.42. The third-order valence-electron chi connectivity index (χ3n) is 2.74. The van der Waals surface area contributed by atoms with Crippen molar-refractivity contribution < 1.29 is 4.57 Å². The smallest absolute Gasteiger partial charge is 0.0816 e. The molecule has 1 atom stereocenters. The van der Waals surface area contributed by atoms with E-state index in [4.69, 9.17) is 0 Å². The SMILES string of the molecule is CCC(C)c1ccccc1.CCP(C)(C)=O. The Bertz CT molecular complexity index is 313. The van der Waals surface area contributed by atoms with E-state index in [-0.39, 0.29) is 0 Å². The van der Waals surface area contributed by atoms with Gasteiger partial charge in [-0.2, -0.15) is 0 Å². The average molecular weight is 240 g/mol. The van der Waals surface area contributed by atoms with Crippen LogP contribution in [-0.2, 0) is 4.57 Å². The first-order valence-electron chi connectivity index (χ1n) is 5.99. The Morgan fingerprint density at radius 3 is 1.88 bits per heavy atom. The van der Waals surface area contributed by atoms with Crippen LogP contribution in [0.2, 0.25) is 0 Å². The maximum Gasteiger partial charge on any atom is 0.0816 e. The van der Waals surface area contributed by atoms with Crippen molar-refractivity contribution in [2.24, 2.45) is 0 Å². The van der Waals surface area contributed by atoms with Gasteiger partial charge in [0.05, 0.1) is 7.14 Å². The second kappa shape index (κ2) is 7.68. The van der Waals surface area contributed by atoms with Gasteiger partial charge in [-0.05, 0) is 37.4 Å². The summed E-state index contributed by atoms with van der Waals surface area (Å²) in [5.74, 6) is 0.709. The average Bonchev–Trinajstić information content (AvgIpc) is 2.29. The highest BCUT2D eigenvalue weighted by molar-refractivity contribution is 7.62. The van der Waals surface area contributed by atoms with Crippen molar-refractivity contribution in [3.8, 4) is 0 Å². The van der Waals surface area contributed by atoms with Gasteiger partial charge < -0.3 is 4.57 Å². The van der Waals surface area contributed by atoms with Gasteiger partial charge in [0.25, 0.3) is 0 Å². The number of hydrogen-bond donors (Lipinski definition) is 0. The molecule has 0 saturated heterocycles. The van der Waals surface area contributed by atoms with Gasteiger partial charge in [-0.3, -0.25) is 0 Å². The molecular weight excluding hydrogens is 215 g/mol. The first kappa shape index (κ1) is 15.4. The molecule has 1 rings (SSSR count).